The number of likely N-dealkylation sites (N-methyl/N-ethyl adjacent to an activating group) is 1. The molecule has 0 saturated carbocycles. The van der Waals surface area contributed by atoms with E-state index in [9.17, 15) is 4.21 Å². The molecule has 0 radical (unpaired) electrons. The first-order chi connectivity index (χ1) is 15.4. The molecular formula is C25H28N4O2S. The second-order valence-corrected chi connectivity index (χ2v) is 9.21. The van der Waals surface area contributed by atoms with Gasteiger partial charge in [-0.1, -0.05) is 42.0 Å². The van der Waals surface area contributed by atoms with Crippen LogP contribution in [0.3, 0.4) is 0 Å². The summed E-state index contributed by atoms with van der Waals surface area (Å²) in [6.07, 6.45) is 3.37. The van der Waals surface area contributed by atoms with Gasteiger partial charge in [-0.3, -0.25) is 9.88 Å². The van der Waals surface area contributed by atoms with Crippen LogP contribution in [0, 0.1) is 13.8 Å². The van der Waals surface area contributed by atoms with Gasteiger partial charge in [0, 0.05) is 31.1 Å². The number of hydrogen-bond acceptors (Lipinski definition) is 5. The molecular weight excluding hydrogens is 420 g/mol. The van der Waals surface area contributed by atoms with E-state index >= 15 is 0 Å². The van der Waals surface area contributed by atoms with Crippen LogP contribution in [0.4, 0.5) is 0 Å². The Kier molecular flexibility index (Phi) is 6.67. The minimum Gasteiger partial charge on any atom is -0.492 e. The van der Waals surface area contributed by atoms with Crippen LogP contribution in [0.1, 0.15) is 16.7 Å². The molecule has 0 bridgehead atoms. The molecule has 2 aromatic heterocycles. The monoisotopic (exact) mass is 448 g/mol. The van der Waals surface area contributed by atoms with E-state index in [1.54, 1.807) is 16.4 Å². The Morgan fingerprint density at radius 2 is 1.81 bits per heavy atom. The van der Waals surface area contributed by atoms with Crippen molar-refractivity contribution >= 4 is 22.0 Å². The van der Waals surface area contributed by atoms with E-state index in [1.807, 2.05) is 37.3 Å². The number of para-hydroxylation sites is 2. The summed E-state index contributed by atoms with van der Waals surface area (Å²) in [5, 5.41) is 0. The molecule has 0 N–H and O–H groups in total. The Labute approximate surface area is 191 Å². The van der Waals surface area contributed by atoms with E-state index in [2.05, 4.69) is 48.1 Å². The van der Waals surface area contributed by atoms with Crippen molar-refractivity contribution in [3.05, 3.63) is 77.5 Å². The van der Waals surface area contributed by atoms with Crippen LogP contribution in [0.5, 0.6) is 5.75 Å². The highest BCUT2D eigenvalue weighted by molar-refractivity contribution is 7.83. The van der Waals surface area contributed by atoms with Gasteiger partial charge in [0.05, 0.1) is 11.0 Å². The molecule has 0 aliphatic rings. The van der Waals surface area contributed by atoms with E-state index in [1.165, 1.54) is 11.1 Å². The van der Waals surface area contributed by atoms with Crippen molar-refractivity contribution in [2.75, 3.05) is 26.5 Å². The van der Waals surface area contributed by atoms with Gasteiger partial charge in [0.2, 0.25) is 0 Å². The van der Waals surface area contributed by atoms with Gasteiger partial charge in [-0.2, -0.15) is 0 Å². The van der Waals surface area contributed by atoms with Crippen LogP contribution in [-0.2, 0) is 17.5 Å². The maximum atomic E-state index is 12.5. The number of rotatable bonds is 8. The van der Waals surface area contributed by atoms with Crippen LogP contribution in [0.2, 0.25) is 0 Å². The SMILES string of the molecule is Cc1ccc(CN(C)CCOc2ccnc(-c3nc4ccccc4n3S(C)=O)c2C)cc1. The highest BCUT2D eigenvalue weighted by Crippen LogP contribution is 2.30. The molecule has 1 atom stereocenters. The topological polar surface area (TPSA) is 60.2 Å². The van der Waals surface area contributed by atoms with Gasteiger partial charge in [0.1, 0.15) is 29.0 Å². The zero-order valence-electron chi connectivity index (χ0n) is 18.9. The predicted molar refractivity (Wildman–Crippen MR) is 130 cm³/mol. The van der Waals surface area contributed by atoms with Crippen LogP contribution in [-0.4, -0.2) is 49.5 Å². The van der Waals surface area contributed by atoms with Crippen molar-refractivity contribution in [2.45, 2.75) is 20.4 Å². The molecule has 166 valence electrons. The van der Waals surface area contributed by atoms with Gasteiger partial charge in [-0.15, -0.1) is 0 Å². The van der Waals surface area contributed by atoms with Gasteiger partial charge in [-0.25, -0.2) is 13.2 Å². The number of fused-ring (bicyclic) bond motifs is 1. The fraction of sp³-hybridized carbons (Fsp3) is 0.280. The van der Waals surface area contributed by atoms with Crippen LogP contribution in [0.15, 0.2) is 60.8 Å². The molecule has 0 fully saturated rings. The van der Waals surface area contributed by atoms with E-state index in [-0.39, 0.29) is 0 Å². The second kappa shape index (κ2) is 9.63. The molecule has 1 unspecified atom stereocenters. The molecule has 7 heteroatoms. The second-order valence-electron chi connectivity index (χ2n) is 8.00. The normalized spacial score (nSPS) is 12.4. The number of benzene rings is 2. The summed E-state index contributed by atoms with van der Waals surface area (Å²) in [4.78, 5) is 11.5. The Morgan fingerprint density at radius 1 is 1.06 bits per heavy atom. The Balaban J connectivity index is 1.50. The lowest BCUT2D eigenvalue weighted by Gasteiger charge is -2.18. The maximum Gasteiger partial charge on any atom is 0.172 e. The van der Waals surface area contributed by atoms with E-state index in [0.717, 1.165) is 35.4 Å². The number of nitrogens with zero attached hydrogens (tertiary/aromatic N) is 4. The Morgan fingerprint density at radius 3 is 2.56 bits per heavy atom. The molecule has 6 nitrogen and oxygen atoms in total. The lowest BCUT2D eigenvalue weighted by molar-refractivity contribution is 0.232. The minimum absolute atomic E-state index is 0.558. The van der Waals surface area contributed by atoms with Crippen molar-refractivity contribution in [2.24, 2.45) is 0 Å². The molecule has 4 rings (SSSR count). The van der Waals surface area contributed by atoms with Crippen molar-refractivity contribution in [1.29, 1.82) is 0 Å². The predicted octanol–water partition coefficient (Wildman–Crippen LogP) is 4.37. The highest BCUT2D eigenvalue weighted by atomic mass is 32.2. The molecule has 4 aromatic rings. The first-order valence-electron chi connectivity index (χ1n) is 10.6. The quantitative estimate of drug-likeness (QED) is 0.401. The summed E-state index contributed by atoms with van der Waals surface area (Å²) >= 11 is 0. The fourth-order valence-corrected chi connectivity index (χ4v) is 4.51. The van der Waals surface area contributed by atoms with Gasteiger partial charge in [0.15, 0.2) is 5.82 Å². The molecule has 0 spiro atoms. The van der Waals surface area contributed by atoms with Crippen LogP contribution in [0.25, 0.3) is 22.6 Å². The summed E-state index contributed by atoms with van der Waals surface area (Å²) in [7, 11) is 0.825. The fourth-order valence-electron chi connectivity index (χ4n) is 3.71. The van der Waals surface area contributed by atoms with Crippen molar-refractivity contribution in [3.63, 3.8) is 0 Å². The standard InChI is InChI=1S/C25H28N4O2S/c1-18-9-11-20(12-10-18)17-28(3)15-16-31-23-13-14-26-24(19(23)2)25-27-21-7-5-6-8-22(21)29(25)32(4)30/h5-14H,15-17H2,1-4H3. The average Bonchev–Trinajstić information content (AvgIpc) is 3.16. The summed E-state index contributed by atoms with van der Waals surface area (Å²) in [5.74, 6) is 1.35. The van der Waals surface area contributed by atoms with Gasteiger partial charge in [0.25, 0.3) is 0 Å². The number of imidazole rings is 1. The smallest absolute Gasteiger partial charge is 0.172 e. The first-order valence-corrected chi connectivity index (χ1v) is 12.1. The number of pyridine rings is 1. The third kappa shape index (κ3) is 4.74. The van der Waals surface area contributed by atoms with Gasteiger partial charge < -0.3 is 4.74 Å². The summed E-state index contributed by atoms with van der Waals surface area (Å²) in [6.45, 7) is 6.29. The molecule has 2 heterocycles. The third-order valence-corrected chi connectivity index (χ3v) is 6.33. The van der Waals surface area contributed by atoms with E-state index in [0.29, 0.717) is 18.1 Å². The molecule has 2 aromatic carbocycles. The lowest BCUT2D eigenvalue weighted by Crippen LogP contribution is -2.24. The maximum absolute atomic E-state index is 12.5. The average molecular weight is 449 g/mol. The van der Waals surface area contributed by atoms with E-state index < -0.39 is 11.0 Å². The molecule has 0 amide bonds. The first kappa shape index (κ1) is 22.2. The molecule has 32 heavy (non-hydrogen) atoms. The zero-order valence-corrected chi connectivity index (χ0v) is 19.7. The molecule has 0 aliphatic carbocycles. The van der Waals surface area contributed by atoms with E-state index in [4.69, 9.17) is 9.72 Å². The summed E-state index contributed by atoms with van der Waals surface area (Å²) < 4.78 is 20.3. The third-order valence-electron chi connectivity index (χ3n) is 5.45. The van der Waals surface area contributed by atoms with Gasteiger partial charge >= 0.3 is 0 Å². The van der Waals surface area contributed by atoms with Crippen molar-refractivity contribution in [1.82, 2.24) is 18.8 Å². The zero-order chi connectivity index (χ0) is 22.7. The van der Waals surface area contributed by atoms with Gasteiger partial charge in [-0.05, 0) is 44.7 Å². The highest BCUT2D eigenvalue weighted by Gasteiger charge is 2.19. The number of hydrogen-bond donors (Lipinski definition) is 0. The number of aryl methyl sites for hydroxylation is 1. The van der Waals surface area contributed by atoms with Crippen LogP contribution < -0.4 is 4.74 Å². The summed E-state index contributed by atoms with van der Waals surface area (Å²) in [5.41, 5.74) is 5.74. The Hall–Kier alpha value is -3.03. The van der Waals surface area contributed by atoms with Crippen molar-refractivity contribution in [3.8, 4) is 17.3 Å². The number of aromatic nitrogens is 3. The number of ether oxygens (including phenoxy) is 1. The van der Waals surface area contributed by atoms with Crippen LogP contribution >= 0.6 is 0 Å². The summed E-state index contributed by atoms with van der Waals surface area (Å²) in [6, 6.07) is 18.2. The largest absolute Gasteiger partial charge is 0.492 e. The lowest BCUT2D eigenvalue weighted by atomic mass is 10.1. The van der Waals surface area contributed by atoms with Crippen molar-refractivity contribution < 1.29 is 8.95 Å². The minimum atomic E-state index is -1.27. The molecule has 0 aliphatic heterocycles. The Bertz CT molecular complexity index is 1250. The molecule has 0 saturated heterocycles.